The normalized spacial score (nSPS) is 28.4. The molecule has 12 heavy (non-hydrogen) atoms. The largest absolute Gasteiger partial charge is 0.348 e. The summed E-state index contributed by atoms with van der Waals surface area (Å²) < 4.78 is 0. The van der Waals surface area contributed by atoms with E-state index in [2.05, 4.69) is 22.2 Å². The number of H-pyrrole nitrogens is 1. The Balaban J connectivity index is 1.70. The fourth-order valence-corrected chi connectivity index (χ4v) is 1.70. The molecule has 0 bridgehead atoms. The fraction of sp³-hybridized carbons (Fsp3) is 0.667. The van der Waals surface area contributed by atoms with Crippen LogP contribution in [0, 0.1) is 5.92 Å². The van der Waals surface area contributed by atoms with Crippen molar-refractivity contribution in [3.63, 3.8) is 0 Å². The molecule has 0 unspecified atom stereocenters. The van der Waals surface area contributed by atoms with E-state index < -0.39 is 0 Å². The maximum absolute atomic E-state index is 4.15. The highest BCUT2D eigenvalue weighted by Crippen LogP contribution is 2.26. The first-order valence-electron chi connectivity index (χ1n) is 4.56. The van der Waals surface area contributed by atoms with Crippen LogP contribution in [0.3, 0.4) is 0 Å². The Kier molecular flexibility index (Phi) is 2.13. The van der Waals surface area contributed by atoms with E-state index in [1.807, 2.05) is 6.20 Å². The number of rotatable bonds is 3. The summed E-state index contributed by atoms with van der Waals surface area (Å²) in [6, 6.07) is 0.727. The molecule has 0 spiro atoms. The van der Waals surface area contributed by atoms with Crippen LogP contribution in [0.4, 0.5) is 0 Å². The SMILES string of the molecule is CC1CC(NCc2ncc[nH]2)C1. The van der Waals surface area contributed by atoms with Crippen LogP contribution in [-0.2, 0) is 6.54 Å². The van der Waals surface area contributed by atoms with Gasteiger partial charge in [0.2, 0.25) is 0 Å². The molecule has 0 saturated heterocycles. The van der Waals surface area contributed by atoms with E-state index in [0.717, 1.165) is 24.3 Å². The Labute approximate surface area is 72.6 Å². The molecule has 3 nitrogen and oxygen atoms in total. The summed E-state index contributed by atoms with van der Waals surface area (Å²) in [7, 11) is 0. The van der Waals surface area contributed by atoms with Crippen LogP contribution in [0.1, 0.15) is 25.6 Å². The topological polar surface area (TPSA) is 40.7 Å². The Bertz CT molecular complexity index is 224. The second kappa shape index (κ2) is 3.27. The summed E-state index contributed by atoms with van der Waals surface area (Å²) in [6.07, 6.45) is 6.29. The molecular weight excluding hydrogens is 150 g/mol. The van der Waals surface area contributed by atoms with Crippen molar-refractivity contribution in [2.45, 2.75) is 32.4 Å². The van der Waals surface area contributed by atoms with Crippen LogP contribution in [-0.4, -0.2) is 16.0 Å². The minimum atomic E-state index is 0.727. The first-order valence-corrected chi connectivity index (χ1v) is 4.56. The van der Waals surface area contributed by atoms with E-state index in [9.17, 15) is 0 Å². The van der Waals surface area contributed by atoms with Gasteiger partial charge < -0.3 is 10.3 Å². The van der Waals surface area contributed by atoms with Crippen LogP contribution in [0.5, 0.6) is 0 Å². The molecule has 1 aromatic heterocycles. The second-order valence-electron chi connectivity index (χ2n) is 3.69. The third kappa shape index (κ3) is 1.67. The lowest BCUT2D eigenvalue weighted by atomic mass is 9.82. The minimum absolute atomic E-state index is 0.727. The third-order valence-corrected chi connectivity index (χ3v) is 2.49. The lowest BCUT2D eigenvalue weighted by Gasteiger charge is -2.33. The van der Waals surface area contributed by atoms with Gasteiger partial charge in [0.15, 0.2) is 0 Å². The third-order valence-electron chi connectivity index (χ3n) is 2.49. The molecule has 1 aromatic rings. The molecule has 0 aromatic carbocycles. The van der Waals surface area contributed by atoms with Gasteiger partial charge in [0.1, 0.15) is 5.82 Å². The fourth-order valence-electron chi connectivity index (χ4n) is 1.70. The van der Waals surface area contributed by atoms with Gasteiger partial charge in [-0.1, -0.05) is 6.92 Å². The lowest BCUT2D eigenvalue weighted by molar-refractivity contribution is 0.239. The van der Waals surface area contributed by atoms with Crippen LogP contribution in [0.2, 0.25) is 0 Å². The summed E-state index contributed by atoms with van der Waals surface area (Å²) >= 11 is 0. The van der Waals surface area contributed by atoms with Gasteiger partial charge in [0, 0.05) is 18.4 Å². The van der Waals surface area contributed by atoms with Crippen LogP contribution in [0.25, 0.3) is 0 Å². The van der Waals surface area contributed by atoms with E-state index in [1.54, 1.807) is 6.20 Å². The molecule has 0 aliphatic heterocycles. The molecule has 1 aliphatic carbocycles. The molecule has 2 rings (SSSR count). The first-order chi connectivity index (χ1) is 5.84. The van der Waals surface area contributed by atoms with E-state index >= 15 is 0 Å². The minimum Gasteiger partial charge on any atom is -0.348 e. The highest BCUT2D eigenvalue weighted by atomic mass is 15.0. The smallest absolute Gasteiger partial charge is 0.120 e. The highest BCUT2D eigenvalue weighted by molar-refractivity contribution is 4.89. The predicted octanol–water partition coefficient (Wildman–Crippen LogP) is 1.30. The maximum atomic E-state index is 4.15. The number of aromatic nitrogens is 2. The molecule has 1 aliphatic rings. The van der Waals surface area contributed by atoms with Gasteiger partial charge in [-0.2, -0.15) is 0 Å². The summed E-state index contributed by atoms with van der Waals surface area (Å²) in [5.41, 5.74) is 0. The zero-order valence-electron chi connectivity index (χ0n) is 7.38. The van der Waals surface area contributed by atoms with Gasteiger partial charge >= 0.3 is 0 Å². The number of imidazole rings is 1. The van der Waals surface area contributed by atoms with Crippen LogP contribution in [0.15, 0.2) is 12.4 Å². The summed E-state index contributed by atoms with van der Waals surface area (Å²) in [6.45, 7) is 3.18. The molecule has 1 heterocycles. The van der Waals surface area contributed by atoms with Crippen molar-refractivity contribution in [2.24, 2.45) is 5.92 Å². The molecule has 2 N–H and O–H groups in total. The number of hydrogen-bond acceptors (Lipinski definition) is 2. The van der Waals surface area contributed by atoms with Gasteiger partial charge in [-0.3, -0.25) is 0 Å². The van der Waals surface area contributed by atoms with Crippen LogP contribution < -0.4 is 5.32 Å². The molecule has 1 fully saturated rings. The van der Waals surface area contributed by atoms with E-state index in [-0.39, 0.29) is 0 Å². The molecule has 66 valence electrons. The van der Waals surface area contributed by atoms with Gasteiger partial charge in [-0.25, -0.2) is 4.98 Å². The molecule has 0 radical (unpaired) electrons. The summed E-state index contributed by atoms with van der Waals surface area (Å²) in [4.78, 5) is 7.23. The zero-order valence-corrected chi connectivity index (χ0v) is 7.38. The van der Waals surface area contributed by atoms with E-state index in [0.29, 0.717) is 0 Å². The van der Waals surface area contributed by atoms with Crippen molar-refractivity contribution < 1.29 is 0 Å². The van der Waals surface area contributed by atoms with Crippen LogP contribution >= 0.6 is 0 Å². The van der Waals surface area contributed by atoms with E-state index in [4.69, 9.17) is 0 Å². The van der Waals surface area contributed by atoms with Crippen molar-refractivity contribution in [3.8, 4) is 0 Å². The summed E-state index contributed by atoms with van der Waals surface area (Å²) in [5, 5.41) is 3.46. The van der Waals surface area contributed by atoms with Gasteiger partial charge in [0.25, 0.3) is 0 Å². The zero-order chi connectivity index (χ0) is 8.39. The van der Waals surface area contributed by atoms with Gasteiger partial charge in [0.05, 0.1) is 6.54 Å². The van der Waals surface area contributed by atoms with Crippen molar-refractivity contribution in [3.05, 3.63) is 18.2 Å². The lowest BCUT2D eigenvalue weighted by Crippen LogP contribution is -2.39. The molecule has 3 heteroatoms. The molecular formula is C9H15N3. The van der Waals surface area contributed by atoms with Crippen molar-refractivity contribution in [1.29, 1.82) is 0 Å². The Morgan fingerprint density at radius 1 is 1.67 bits per heavy atom. The number of nitrogens with one attached hydrogen (secondary N) is 2. The van der Waals surface area contributed by atoms with Gasteiger partial charge in [-0.05, 0) is 18.8 Å². The second-order valence-corrected chi connectivity index (χ2v) is 3.69. The summed E-state index contributed by atoms with van der Waals surface area (Å²) in [5.74, 6) is 1.95. The Morgan fingerprint density at radius 2 is 2.50 bits per heavy atom. The maximum Gasteiger partial charge on any atom is 0.120 e. The number of hydrogen-bond donors (Lipinski definition) is 2. The monoisotopic (exact) mass is 165 g/mol. The molecule has 0 atom stereocenters. The Morgan fingerprint density at radius 3 is 3.08 bits per heavy atom. The number of nitrogens with zero attached hydrogens (tertiary/aromatic N) is 1. The standard InChI is InChI=1S/C9H15N3/c1-7-4-8(5-7)12-6-9-10-2-3-11-9/h2-3,7-8,12H,4-6H2,1H3,(H,10,11). The first kappa shape index (κ1) is 7.80. The quantitative estimate of drug-likeness (QED) is 0.708. The highest BCUT2D eigenvalue weighted by Gasteiger charge is 2.24. The number of aromatic amines is 1. The van der Waals surface area contributed by atoms with Crippen molar-refractivity contribution in [2.75, 3.05) is 0 Å². The van der Waals surface area contributed by atoms with Crippen molar-refractivity contribution in [1.82, 2.24) is 15.3 Å². The molecule has 1 saturated carbocycles. The Hall–Kier alpha value is -0.830. The van der Waals surface area contributed by atoms with E-state index in [1.165, 1.54) is 12.8 Å². The van der Waals surface area contributed by atoms with Crippen molar-refractivity contribution >= 4 is 0 Å². The predicted molar refractivity (Wildman–Crippen MR) is 47.6 cm³/mol. The van der Waals surface area contributed by atoms with Gasteiger partial charge in [-0.15, -0.1) is 0 Å². The molecule has 0 amide bonds. The average Bonchev–Trinajstić information content (AvgIpc) is 2.47. The average molecular weight is 165 g/mol.